The highest BCUT2D eigenvalue weighted by molar-refractivity contribution is 5.72. The number of carbonyl (C=O) groups is 1. The van der Waals surface area contributed by atoms with Gasteiger partial charge in [0.2, 0.25) is 0 Å². The molecule has 1 unspecified atom stereocenters. The zero-order chi connectivity index (χ0) is 5.86. The summed E-state index contributed by atoms with van der Waals surface area (Å²) < 4.78 is 0. The van der Waals surface area contributed by atoms with Gasteiger partial charge in [0.25, 0.3) is 0 Å². The van der Waals surface area contributed by atoms with Crippen molar-refractivity contribution in [3.63, 3.8) is 0 Å². The summed E-state index contributed by atoms with van der Waals surface area (Å²) in [4.78, 5) is 9.84. The Kier molecular flexibility index (Phi) is 2.37. The molecule has 0 spiro atoms. The number of aliphatic carboxylic acids is 1. The van der Waals surface area contributed by atoms with Gasteiger partial charge < -0.3 is 5.11 Å². The standard InChI is InChI=1S/C4H8NO2/c1-3(5-2)4(6)7/h3H,1-2H3,(H,6,7). The average Bonchev–Trinajstić information content (AvgIpc) is 1.65. The summed E-state index contributed by atoms with van der Waals surface area (Å²) in [5, 5.41) is 11.6. The highest BCUT2D eigenvalue weighted by Crippen LogP contribution is 1.77. The van der Waals surface area contributed by atoms with E-state index in [-0.39, 0.29) is 0 Å². The van der Waals surface area contributed by atoms with Gasteiger partial charge in [-0.2, -0.15) is 0 Å². The Balaban J connectivity index is 3.34. The van der Waals surface area contributed by atoms with Gasteiger partial charge in [-0.25, -0.2) is 5.32 Å². The molecule has 3 nitrogen and oxygen atoms in total. The van der Waals surface area contributed by atoms with E-state index in [4.69, 9.17) is 5.11 Å². The molecule has 0 aromatic rings. The Labute approximate surface area is 42.3 Å². The molecule has 0 rings (SSSR count). The number of carboxylic acids is 1. The Morgan fingerprint density at radius 2 is 2.29 bits per heavy atom. The number of hydrogen-bond acceptors (Lipinski definition) is 1. The minimum atomic E-state index is -0.873. The fourth-order valence-electron chi connectivity index (χ4n) is 0.110. The summed E-state index contributed by atoms with van der Waals surface area (Å²) in [6.45, 7) is 1.53. The smallest absolute Gasteiger partial charge is 0.322 e. The molecular weight excluding hydrogens is 94.0 g/mol. The van der Waals surface area contributed by atoms with Crippen LogP contribution in [0.2, 0.25) is 0 Å². The lowest BCUT2D eigenvalue weighted by Crippen LogP contribution is -2.24. The van der Waals surface area contributed by atoms with Crippen molar-refractivity contribution < 1.29 is 9.90 Å². The third kappa shape index (κ3) is 2.17. The van der Waals surface area contributed by atoms with Crippen molar-refractivity contribution in [1.82, 2.24) is 5.32 Å². The molecule has 0 bridgehead atoms. The fraction of sp³-hybridized carbons (Fsp3) is 0.750. The quantitative estimate of drug-likeness (QED) is 0.520. The molecule has 0 aromatic carbocycles. The van der Waals surface area contributed by atoms with Gasteiger partial charge in [0.15, 0.2) is 0 Å². The number of rotatable bonds is 2. The lowest BCUT2D eigenvalue weighted by atomic mass is 10.4. The molecule has 0 saturated carbocycles. The summed E-state index contributed by atoms with van der Waals surface area (Å²) in [6, 6.07) is -0.556. The zero-order valence-electron chi connectivity index (χ0n) is 4.38. The molecule has 7 heavy (non-hydrogen) atoms. The van der Waals surface area contributed by atoms with Crippen molar-refractivity contribution in [2.75, 3.05) is 7.05 Å². The summed E-state index contributed by atoms with van der Waals surface area (Å²) in [5.41, 5.74) is 0. The summed E-state index contributed by atoms with van der Waals surface area (Å²) >= 11 is 0. The van der Waals surface area contributed by atoms with Crippen LogP contribution in [-0.4, -0.2) is 24.2 Å². The summed E-state index contributed by atoms with van der Waals surface area (Å²) in [5.74, 6) is -0.873. The van der Waals surface area contributed by atoms with E-state index in [1.165, 1.54) is 14.0 Å². The average molecular weight is 102 g/mol. The zero-order valence-corrected chi connectivity index (χ0v) is 4.38. The largest absolute Gasteiger partial charge is 0.480 e. The van der Waals surface area contributed by atoms with Gasteiger partial charge in [-0.1, -0.05) is 0 Å². The van der Waals surface area contributed by atoms with E-state index in [0.29, 0.717) is 0 Å². The molecule has 41 valence electrons. The van der Waals surface area contributed by atoms with Gasteiger partial charge in [0.1, 0.15) is 6.04 Å². The Hall–Kier alpha value is -0.570. The van der Waals surface area contributed by atoms with E-state index in [1.807, 2.05) is 0 Å². The highest BCUT2D eigenvalue weighted by Gasteiger charge is 2.05. The van der Waals surface area contributed by atoms with E-state index in [1.54, 1.807) is 0 Å². The maximum absolute atomic E-state index is 9.84. The van der Waals surface area contributed by atoms with Gasteiger partial charge in [-0.05, 0) is 6.92 Å². The number of likely N-dealkylation sites (N-methyl/N-ethyl adjacent to an activating group) is 1. The van der Waals surface area contributed by atoms with Crippen molar-refractivity contribution in [1.29, 1.82) is 0 Å². The Morgan fingerprint density at radius 1 is 1.86 bits per heavy atom. The van der Waals surface area contributed by atoms with Gasteiger partial charge >= 0.3 is 5.97 Å². The van der Waals surface area contributed by atoms with Gasteiger partial charge in [-0.15, -0.1) is 0 Å². The molecule has 0 saturated heterocycles. The second kappa shape index (κ2) is 2.58. The predicted molar refractivity (Wildman–Crippen MR) is 25.2 cm³/mol. The minimum absolute atomic E-state index is 0.556. The molecule has 0 aromatic heterocycles. The molecule has 0 amide bonds. The van der Waals surface area contributed by atoms with Gasteiger partial charge in [0.05, 0.1) is 0 Å². The first-order chi connectivity index (χ1) is 3.18. The van der Waals surface area contributed by atoms with E-state index in [0.717, 1.165) is 0 Å². The summed E-state index contributed by atoms with van der Waals surface area (Å²) in [6.07, 6.45) is 0. The van der Waals surface area contributed by atoms with Crippen molar-refractivity contribution in [2.45, 2.75) is 13.0 Å². The van der Waals surface area contributed by atoms with Crippen LogP contribution in [-0.2, 0) is 4.79 Å². The van der Waals surface area contributed by atoms with Crippen LogP contribution in [0.3, 0.4) is 0 Å². The SMILES string of the molecule is C[N]C(C)C(=O)O. The molecule has 0 aliphatic rings. The third-order valence-electron chi connectivity index (χ3n) is 0.745. The first-order valence-corrected chi connectivity index (χ1v) is 2.00. The molecular formula is C4H8NO2. The lowest BCUT2D eigenvalue weighted by Gasteiger charge is -1.97. The second-order valence-electron chi connectivity index (χ2n) is 1.27. The van der Waals surface area contributed by atoms with Crippen LogP contribution in [0, 0.1) is 0 Å². The van der Waals surface area contributed by atoms with Crippen LogP contribution in [0.15, 0.2) is 0 Å². The molecule has 0 heterocycles. The van der Waals surface area contributed by atoms with Crippen LogP contribution < -0.4 is 5.32 Å². The maximum atomic E-state index is 9.84. The van der Waals surface area contributed by atoms with E-state index in [9.17, 15) is 4.79 Å². The van der Waals surface area contributed by atoms with Crippen molar-refractivity contribution >= 4 is 5.97 Å². The van der Waals surface area contributed by atoms with Crippen LogP contribution >= 0.6 is 0 Å². The third-order valence-corrected chi connectivity index (χ3v) is 0.745. The normalized spacial score (nSPS) is 13.4. The molecule has 1 radical (unpaired) electrons. The van der Waals surface area contributed by atoms with Crippen LogP contribution in [0.1, 0.15) is 6.92 Å². The van der Waals surface area contributed by atoms with E-state index in [2.05, 4.69) is 5.32 Å². The Morgan fingerprint density at radius 3 is 2.29 bits per heavy atom. The molecule has 1 N–H and O–H groups in total. The topological polar surface area (TPSA) is 51.4 Å². The van der Waals surface area contributed by atoms with Gasteiger partial charge in [-0.3, -0.25) is 4.79 Å². The molecule has 3 heteroatoms. The summed E-state index contributed by atoms with van der Waals surface area (Å²) in [7, 11) is 1.48. The molecule has 1 atom stereocenters. The first-order valence-electron chi connectivity index (χ1n) is 2.00. The minimum Gasteiger partial charge on any atom is -0.480 e. The van der Waals surface area contributed by atoms with Crippen molar-refractivity contribution in [3.05, 3.63) is 0 Å². The predicted octanol–water partition coefficient (Wildman–Crippen LogP) is -0.306. The monoisotopic (exact) mass is 102 g/mol. The lowest BCUT2D eigenvalue weighted by molar-refractivity contribution is -0.138. The maximum Gasteiger partial charge on any atom is 0.322 e. The van der Waals surface area contributed by atoms with Crippen molar-refractivity contribution in [2.24, 2.45) is 0 Å². The molecule has 0 aliphatic carbocycles. The van der Waals surface area contributed by atoms with Gasteiger partial charge in [0, 0.05) is 7.05 Å². The van der Waals surface area contributed by atoms with Crippen LogP contribution in [0.5, 0.6) is 0 Å². The molecule has 0 aliphatic heterocycles. The van der Waals surface area contributed by atoms with E-state index >= 15 is 0 Å². The van der Waals surface area contributed by atoms with Crippen LogP contribution in [0.4, 0.5) is 0 Å². The van der Waals surface area contributed by atoms with E-state index < -0.39 is 12.0 Å². The number of carboxylic acid groups (broad SMARTS) is 1. The fourth-order valence-corrected chi connectivity index (χ4v) is 0.110. The number of nitrogens with zero attached hydrogens (tertiary/aromatic N) is 1. The number of hydrogen-bond donors (Lipinski definition) is 1. The second-order valence-corrected chi connectivity index (χ2v) is 1.27. The highest BCUT2D eigenvalue weighted by atomic mass is 16.4. The molecule has 0 fully saturated rings. The van der Waals surface area contributed by atoms with Crippen LogP contribution in [0.25, 0.3) is 0 Å². The Bertz CT molecular complexity index is 72.1. The first kappa shape index (κ1) is 6.43. The van der Waals surface area contributed by atoms with Crippen molar-refractivity contribution in [3.8, 4) is 0 Å².